The van der Waals surface area contributed by atoms with Gasteiger partial charge in [0.1, 0.15) is 11.6 Å². The van der Waals surface area contributed by atoms with Crippen molar-refractivity contribution in [3.8, 4) is 11.6 Å². The maximum absolute atomic E-state index is 6.56. The molecule has 5 nitrogen and oxygen atoms in total. The van der Waals surface area contributed by atoms with Crippen molar-refractivity contribution in [1.29, 1.82) is 0 Å². The van der Waals surface area contributed by atoms with Gasteiger partial charge in [0, 0.05) is 35.6 Å². The maximum Gasteiger partial charge on any atom is 0.226 e. The van der Waals surface area contributed by atoms with Gasteiger partial charge in [-0.3, -0.25) is 4.98 Å². The van der Waals surface area contributed by atoms with Crippen molar-refractivity contribution >= 4 is 22.5 Å². The Morgan fingerprint density at radius 2 is 1.82 bits per heavy atom. The highest BCUT2D eigenvalue weighted by Crippen LogP contribution is 2.35. The predicted molar refractivity (Wildman–Crippen MR) is 112 cm³/mol. The fraction of sp³-hybridized carbons (Fsp3) is 0.455. The van der Waals surface area contributed by atoms with Crippen LogP contribution in [-0.4, -0.2) is 45.9 Å². The summed E-state index contributed by atoms with van der Waals surface area (Å²) >= 11 is 6.11. The molecule has 0 saturated carbocycles. The Hall–Kier alpha value is -2.11. The molecule has 0 spiro atoms. The molecule has 0 N–H and O–H groups in total. The minimum atomic E-state index is 0.207. The Morgan fingerprint density at radius 1 is 1.07 bits per heavy atom. The molecule has 1 aliphatic heterocycles. The van der Waals surface area contributed by atoms with Crippen molar-refractivity contribution < 1.29 is 4.74 Å². The van der Waals surface area contributed by atoms with Gasteiger partial charge < -0.3 is 9.64 Å². The highest BCUT2D eigenvalue weighted by molar-refractivity contribution is 6.30. The van der Waals surface area contributed by atoms with Crippen LogP contribution < -0.4 is 4.74 Å². The third-order valence-electron chi connectivity index (χ3n) is 5.97. The van der Waals surface area contributed by atoms with Gasteiger partial charge in [-0.05, 0) is 69.8 Å². The molecule has 1 aliphatic carbocycles. The summed E-state index contributed by atoms with van der Waals surface area (Å²) in [6, 6.07) is 7.79. The van der Waals surface area contributed by atoms with E-state index in [4.69, 9.17) is 26.4 Å². The van der Waals surface area contributed by atoms with Gasteiger partial charge >= 0.3 is 0 Å². The molecule has 1 fully saturated rings. The Balaban J connectivity index is 1.62. The van der Waals surface area contributed by atoms with E-state index in [9.17, 15) is 0 Å². The second kappa shape index (κ2) is 7.37. The lowest BCUT2D eigenvalue weighted by Crippen LogP contribution is -2.36. The van der Waals surface area contributed by atoms with Gasteiger partial charge in [-0.2, -0.15) is 9.78 Å². The van der Waals surface area contributed by atoms with Crippen molar-refractivity contribution in [3.05, 3.63) is 46.7 Å². The van der Waals surface area contributed by atoms with Gasteiger partial charge in [-0.1, -0.05) is 11.6 Å². The summed E-state index contributed by atoms with van der Waals surface area (Å²) in [5.41, 5.74) is 4.51. The average molecular weight is 397 g/mol. The molecule has 0 atom stereocenters. The Kier molecular flexibility index (Phi) is 4.73. The average Bonchev–Trinajstić information content (AvgIpc) is 3.09. The highest BCUT2D eigenvalue weighted by Gasteiger charge is 2.25. The van der Waals surface area contributed by atoms with Crippen LogP contribution in [0.4, 0.5) is 0 Å². The van der Waals surface area contributed by atoms with Gasteiger partial charge in [0.05, 0.1) is 11.1 Å². The quantitative estimate of drug-likeness (QED) is 0.657. The first-order valence-corrected chi connectivity index (χ1v) is 10.6. The molecule has 1 aromatic carbocycles. The smallest absolute Gasteiger partial charge is 0.226 e. The van der Waals surface area contributed by atoms with Crippen molar-refractivity contribution in [2.45, 2.75) is 44.6 Å². The molecule has 0 unspecified atom stereocenters. The van der Waals surface area contributed by atoms with E-state index in [0.717, 1.165) is 66.3 Å². The molecule has 5 rings (SSSR count). The summed E-state index contributed by atoms with van der Waals surface area (Å²) in [7, 11) is 2.17. The van der Waals surface area contributed by atoms with Crippen LogP contribution in [0.25, 0.3) is 16.6 Å². The molecule has 2 aromatic heterocycles. The van der Waals surface area contributed by atoms with Gasteiger partial charge in [0.25, 0.3) is 0 Å². The number of halogens is 1. The summed E-state index contributed by atoms with van der Waals surface area (Å²) in [5.74, 6) is 0.813. The fourth-order valence-corrected chi connectivity index (χ4v) is 4.44. The van der Waals surface area contributed by atoms with Crippen LogP contribution in [0.1, 0.15) is 36.9 Å². The summed E-state index contributed by atoms with van der Waals surface area (Å²) in [6.07, 6.45) is 8.73. The van der Waals surface area contributed by atoms with Crippen LogP contribution in [0, 0.1) is 0 Å². The molecule has 1 saturated heterocycles. The van der Waals surface area contributed by atoms with Crippen LogP contribution in [0.5, 0.6) is 5.88 Å². The second-order valence-electron chi connectivity index (χ2n) is 7.97. The number of fused-ring (bicyclic) bond motifs is 3. The fourth-order valence-electron chi connectivity index (χ4n) is 4.31. The Morgan fingerprint density at radius 3 is 2.61 bits per heavy atom. The van der Waals surface area contributed by atoms with Gasteiger partial charge in [-0.25, -0.2) is 0 Å². The summed E-state index contributed by atoms with van der Waals surface area (Å²) in [5, 5.41) is 6.75. The monoisotopic (exact) mass is 396 g/mol. The third-order valence-corrected chi connectivity index (χ3v) is 6.22. The van der Waals surface area contributed by atoms with E-state index >= 15 is 0 Å². The number of nitrogens with zero attached hydrogens (tertiary/aromatic N) is 4. The van der Waals surface area contributed by atoms with Crippen molar-refractivity contribution in [2.24, 2.45) is 0 Å². The molecule has 146 valence electrons. The topological polar surface area (TPSA) is 43.2 Å². The SMILES string of the molecule is CN1CCC(Oc2c3cnc4c(c3nn2-c2ccc(Cl)cc2)CCCC4)CC1. The molecule has 0 radical (unpaired) electrons. The van der Waals surface area contributed by atoms with Gasteiger partial charge in [0.2, 0.25) is 5.88 Å². The van der Waals surface area contributed by atoms with Crippen LogP contribution in [-0.2, 0) is 12.8 Å². The molecular formula is C22H25ClN4O. The molecule has 3 heterocycles. The summed E-state index contributed by atoms with van der Waals surface area (Å²) in [6.45, 7) is 2.12. The number of likely N-dealkylation sites (tertiary alicyclic amines) is 1. The molecule has 6 heteroatoms. The van der Waals surface area contributed by atoms with E-state index in [1.165, 1.54) is 24.1 Å². The Bertz CT molecular complexity index is 990. The van der Waals surface area contributed by atoms with Crippen LogP contribution in [0.2, 0.25) is 5.02 Å². The lowest BCUT2D eigenvalue weighted by Gasteiger charge is -2.29. The molecule has 0 bridgehead atoms. The molecule has 0 amide bonds. The first-order chi connectivity index (χ1) is 13.7. The zero-order valence-electron chi connectivity index (χ0n) is 16.2. The first kappa shape index (κ1) is 18.0. The number of benzene rings is 1. The number of hydrogen-bond acceptors (Lipinski definition) is 4. The van der Waals surface area contributed by atoms with E-state index in [1.807, 2.05) is 35.1 Å². The van der Waals surface area contributed by atoms with Crippen molar-refractivity contribution in [3.63, 3.8) is 0 Å². The van der Waals surface area contributed by atoms with E-state index in [1.54, 1.807) is 0 Å². The van der Waals surface area contributed by atoms with E-state index in [-0.39, 0.29) is 6.10 Å². The van der Waals surface area contributed by atoms with E-state index < -0.39 is 0 Å². The summed E-state index contributed by atoms with van der Waals surface area (Å²) in [4.78, 5) is 7.13. The highest BCUT2D eigenvalue weighted by atomic mass is 35.5. The van der Waals surface area contributed by atoms with Crippen LogP contribution in [0.15, 0.2) is 30.5 Å². The standard InChI is InChI=1S/C22H25ClN4O/c1-26-12-10-17(11-13-26)28-22-19-14-24-20-5-3-2-4-18(20)21(19)25-27(22)16-8-6-15(23)7-9-16/h6-9,14,17H,2-5,10-13H2,1H3. The predicted octanol–water partition coefficient (Wildman–Crippen LogP) is 4.43. The largest absolute Gasteiger partial charge is 0.474 e. The molecule has 28 heavy (non-hydrogen) atoms. The minimum absolute atomic E-state index is 0.207. The van der Waals surface area contributed by atoms with E-state index in [2.05, 4.69) is 11.9 Å². The van der Waals surface area contributed by atoms with Crippen molar-refractivity contribution in [2.75, 3.05) is 20.1 Å². The molecule has 2 aliphatic rings. The maximum atomic E-state index is 6.56. The number of aromatic nitrogens is 3. The normalized spacial score (nSPS) is 18.4. The first-order valence-electron chi connectivity index (χ1n) is 10.2. The number of aryl methyl sites for hydroxylation is 2. The molecule has 3 aromatic rings. The number of hydrogen-bond donors (Lipinski definition) is 0. The zero-order valence-corrected chi connectivity index (χ0v) is 17.0. The summed E-state index contributed by atoms with van der Waals surface area (Å²) < 4.78 is 8.50. The minimum Gasteiger partial charge on any atom is -0.474 e. The van der Waals surface area contributed by atoms with Crippen LogP contribution in [0.3, 0.4) is 0 Å². The third kappa shape index (κ3) is 3.27. The number of ether oxygens (including phenoxy) is 1. The lowest BCUT2D eigenvalue weighted by atomic mass is 9.95. The van der Waals surface area contributed by atoms with Crippen LogP contribution >= 0.6 is 11.6 Å². The number of piperidine rings is 1. The van der Waals surface area contributed by atoms with Crippen molar-refractivity contribution in [1.82, 2.24) is 19.7 Å². The second-order valence-corrected chi connectivity index (χ2v) is 8.40. The van der Waals surface area contributed by atoms with E-state index in [0.29, 0.717) is 0 Å². The number of pyridine rings is 1. The van der Waals surface area contributed by atoms with Gasteiger partial charge in [0.15, 0.2) is 0 Å². The zero-order chi connectivity index (χ0) is 19.1. The molecular weight excluding hydrogens is 372 g/mol. The Labute approximate surface area is 170 Å². The van der Waals surface area contributed by atoms with Gasteiger partial charge in [-0.15, -0.1) is 0 Å². The number of rotatable bonds is 3. The lowest BCUT2D eigenvalue weighted by molar-refractivity contribution is 0.108.